The molecule has 3 rings (SSSR count). The summed E-state index contributed by atoms with van der Waals surface area (Å²) >= 11 is 0. The molecule has 0 amide bonds. The predicted octanol–water partition coefficient (Wildman–Crippen LogP) is 3.28. The van der Waals surface area contributed by atoms with E-state index in [0.29, 0.717) is 34.2 Å². The van der Waals surface area contributed by atoms with Crippen molar-refractivity contribution in [2.45, 2.75) is 0 Å². The number of nitrogens with zero attached hydrogens (tertiary/aromatic N) is 3. The van der Waals surface area contributed by atoms with Crippen molar-refractivity contribution in [3.63, 3.8) is 0 Å². The third kappa shape index (κ3) is 2.47. The maximum absolute atomic E-state index is 9.19. The number of benzene rings is 1. The fourth-order valence-corrected chi connectivity index (χ4v) is 1.95. The standard InChI is InChI=1S/C16H11N3O2/c1-20-12-6-5-11(9-17)13(8-12)16-19-15(10-21-16)14-4-2-3-7-18-14/h2-8,10H,1H3. The van der Waals surface area contributed by atoms with Gasteiger partial charge in [-0.25, -0.2) is 4.98 Å². The molecule has 102 valence electrons. The molecule has 0 spiro atoms. The van der Waals surface area contributed by atoms with E-state index in [-0.39, 0.29) is 0 Å². The summed E-state index contributed by atoms with van der Waals surface area (Å²) < 4.78 is 10.7. The van der Waals surface area contributed by atoms with Crippen LogP contribution in [0.4, 0.5) is 0 Å². The van der Waals surface area contributed by atoms with Crippen molar-refractivity contribution in [3.8, 4) is 34.7 Å². The third-order valence-corrected chi connectivity index (χ3v) is 3.01. The molecule has 0 saturated carbocycles. The van der Waals surface area contributed by atoms with E-state index < -0.39 is 0 Å². The minimum atomic E-state index is 0.367. The summed E-state index contributed by atoms with van der Waals surface area (Å²) in [6, 6.07) is 12.8. The number of pyridine rings is 1. The van der Waals surface area contributed by atoms with Crippen molar-refractivity contribution in [1.29, 1.82) is 5.26 Å². The van der Waals surface area contributed by atoms with Crippen LogP contribution in [0.1, 0.15) is 5.56 Å². The van der Waals surface area contributed by atoms with E-state index in [1.807, 2.05) is 18.2 Å². The van der Waals surface area contributed by atoms with Gasteiger partial charge in [0, 0.05) is 6.20 Å². The molecule has 1 aromatic carbocycles. The van der Waals surface area contributed by atoms with Crippen LogP contribution in [0.2, 0.25) is 0 Å². The van der Waals surface area contributed by atoms with Crippen LogP contribution in [0.15, 0.2) is 53.3 Å². The monoisotopic (exact) mass is 277 g/mol. The Labute approximate surface area is 121 Å². The molecule has 3 aromatic rings. The van der Waals surface area contributed by atoms with Crippen molar-refractivity contribution >= 4 is 0 Å². The summed E-state index contributed by atoms with van der Waals surface area (Å²) in [7, 11) is 1.57. The van der Waals surface area contributed by atoms with Crippen LogP contribution in [0.3, 0.4) is 0 Å². The lowest BCUT2D eigenvalue weighted by Gasteiger charge is -2.03. The topological polar surface area (TPSA) is 71.9 Å². The molecular formula is C16H11N3O2. The molecule has 0 saturated heterocycles. The van der Waals surface area contributed by atoms with Gasteiger partial charge in [-0.1, -0.05) is 6.07 Å². The van der Waals surface area contributed by atoms with Gasteiger partial charge in [0.25, 0.3) is 0 Å². The van der Waals surface area contributed by atoms with Crippen LogP contribution in [-0.2, 0) is 0 Å². The molecule has 0 radical (unpaired) electrons. The molecule has 0 unspecified atom stereocenters. The Hall–Kier alpha value is -3.13. The van der Waals surface area contributed by atoms with Crippen molar-refractivity contribution in [3.05, 3.63) is 54.4 Å². The van der Waals surface area contributed by atoms with Gasteiger partial charge in [0.15, 0.2) is 0 Å². The van der Waals surface area contributed by atoms with E-state index in [9.17, 15) is 5.26 Å². The predicted molar refractivity (Wildman–Crippen MR) is 76.4 cm³/mol. The number of hydrogen-bond acceptors (Lipinski definition) is 5. The second-order valence-corrected chi connectivity index (χ2v) is 4.28. The maximum atomic E-state index is 9.19. The smallest absolute Gasteiger partial charge is 0.228 e. The molecule has 2 aromatic heterocycles. The average Bonchev–Trinajstić information content (AvgIpc) is 3.05. The molecule has 0 atom stereocenters. The van der Waals surface area contributed by atoms with Gasteiger partial charge in [-0.15, -0.1) is 0 Å². The largest absolute Gasteiger partial charge is 0.497 e. The third-order valence-electron chi connectivity index (χ3n) is 3.01. The van der Waals surface area contributed by atoms with Crippen LogP contribution in [0.5, 0.6) is 5.75 Å². The van der Waals surface area contributed by atoms with Gasteiger partial charge in [0.1, 0.15) is 17.7 Å². The average molecular weight is 277 g/mol. The number of rotatable bonds is 3. The zero-order valence-corrected chi connectivity index (χ0v) is 11.3. The van der Waals surface area contributed by atoms with E-state index in [1.165, 1.54) is 6.26 Å². The fourth-order valence-electron chi connectivity index (χ4n) is 1.95. The fraction of sp³-hybridized carbons (Fsp3) is 0.0625. The SMILES string of the molecule is COc1ccc(C#N)c(-c2nc(-c3ccccn3)co2)c1. The lowest BCUT2D eigenvalue weighted by Crippen LogP contribution is -1.89. The molecule has 2 heterocycles. The first kappa shape index (κ1) is 12.9. The van der Waals surface area contributed by atoms with Crippen molar-refractivity contribution < 1.29 is 9.15 Å². The molecular weight excluding hydrogens is 266 g/mol. The molecule has 0 aliphatic rings. The second kappa shape index (κ2) is 5.47. The highest BCUT2D eigenvalue weighted by atomic mass is 16.5. The van der Waals surface area contributed by atoms with Crippen molar-refractivity contribution in [1.82, 2.24) is 9.97 Å². The number of ether oxygens (including phenoxy) is 1. The first-order chi connectivity index (χ1) is 10.3. The van der Waals surface area contributed by atoms with Crippen LogP contribution in [-0.4, -0.2) is 17.1 Å². The molecule has 21 heavy (non-hydrogen) atoms. The van der Waals surface area contributed by atoms with Gasteiger partial charge in [0.2, 0.25) is 5.89 Å². The first-order valence-corrected chi connectivity index (χ1v) is 6.27. The zero-order valence-electron chi connectivity index (χ0n) is 11.3. The van der Waals surface area contributed by atoms with E-state index in [1.54, 1.807) is 31.5 Å². The minimum Gasteiger partial charge on any atom is -0.497 e. The van der Waals surface area contributed by atoms with E-state index in [4.69, 9.17) is 9.15 Å². The van der Waals surface area contributed by atoms with Gasteiger partial charge in [-0.05, 0) is 30.3 Å². The normalized spacial score (nSPS) is 10.1. The van der Waals surface area contributed by atoms with E-state index in [0.717, 1.165) is 0 Å². The zero-order chi connectivity index (χ0) is 14.7. The van der Waals surface area contributed by atoms with Crippen molar-refractivity contribution in [2.24, 2.45) is 0 Å². The summed E-state index contributed by atoms with van der Waals surface area (Å²) in [4.78, 5) is 8.62. The maximum Gasteiger partial charge on any atom is 0.228 e. The summed E-state index contributed by atoms with van der Waals surface area (Å²) in [5.74, 6) is 1.01. The molecule has 0 aliphatic carbocycles. The summed E-state index contributed by atoms with van der Waals surface area (Å²) in [6.07, 6.45) is 3.22. The lowest BCUT2D eigenvalue weighted by atomic mass is 10.1. The van der Waals surface area contributed by atoms with Crippen LogP contribution >= 0.6 is 0 Å². The Morgan fingerprint density at radius 2 is 2.10 bits per heavy atom. The van der Waals surface area contributed by atoms with Crippen LogP contribution in [0.25, 0.3) is 22.8 Å². The number of aromatic nitrogens is 2. The Balaban J connectivity index is 2.06. The summed E-state index contributed by atoms with van der Waals surface area (Å²) in [5, 5.41) is 9.19. The Morgan fingerprint density at radius 1 is 1.19 bits per heavy atom. The highest BCUT2D eigenvalue weighted by molar-refractivity contribution is 5.67. The van der Waals surface area contributed by atoms with E-state index in [2.05, 4.69) is 16.0 Å². The number of hydrogen-bond donors (Lipinski definition) is 0. The molecule has 0 aliphatic heterocycles. The Kier molecular flexibility index (Phi) is 3.36. The Morgan fingerprint density at radius 3 is 2.81 bits per heavy atom. The highest BCUT2D eigenvalue weighted by Gasteiger charge is 2.14. The molecule has 0 bridgehead atoms. The second-order valence-electron chi connectivity index (χ2n) is 4.28. The Bertz CT molecular complexity index is 804. The quantitative estimate of drug-likeness (QED) is 0.734. The van der Waals surface area contributed by atoms with Gasteiger partial charge < -0.3 is 9.15 Å². The number of oxazole rings is 1. The molecule has 5 nitrogen and oxygen atoms in total. The van der Waals surface area contributed by atoms with Gasteiger partial charge in [0.05, 0.1) is 30.0 Å². The van der Waals surface area contributed by atoms with Crippen molar-refractivity contribution in [2.75, 3.05) is 7.11 Å². The lowest BCUT2D eigenvalue weighted by molar-refractivity contribution is 0.414. The van der Waals surface area contributed by atoms with Gasteiger partial charge in [-0.3, -0.25) is 4.98 Å². The van der Waals surface area contributed by atoms with Crippen LogP contribution in [0, 0.1) is 11.3 Å². The summed E-state index contributed by atoms with van der Waals surface area (Å²) in [5.41, 5.74) is 2.41. The summed E-state index contributed by atoms with van der Waals surface area (Å²) in [6.45, 7) is 0. The highest BCUT2D eigenvalue weighted by Crippen LogP contribution is 2.29. The minimum absolute atomic E-state index is 0.367. The molecule has 5 heteroatoms. The molecule has 0 N–H and O–H groups in total. The molecule has 0 fully saturated rings. The number of nitriles is 1. The van der Waals surface area contributed by atoms with Gasteiger partial charge >= 0.3 is 0 Å². The van der Waals surface area contributed by atoms with Crippen LogP contribution < -0.4 is 4.74 Å². The first-order valence-electron chi connectivity index (χ1n) is 6.27. The number of methoxy groups -OCH3 is 1. The van der Waals surface area contributed by atoms with E-state index >= 15 is 0 Å². The van der Waals surface area contributed by atoms with Gasteiger partial charge in [-0.2, -0.15) is 5.26 Å².